The first-order chi connectivity index (χ1) is 9.02. The number of amides is 1. The van der Waals surface area contributed by atoms with E-state index in [1.54, 1.807) is 16.6 Å². The Balaban J connectivity index is 2.16. The summed E-state index contributed by atoms with van der Waals surface area (Å²) in [7, 11) is 1.71. The van der Waals surface area contributed by atoms with Crippen LogP contribution in [0.15, 0.2) is 22.7 Å². The fourth-order valence-corrected chi connectivity index (χ4v) is 1.93. The average molecular weight is 262 g/mol. The maximum Gasteiger partial charge on any atom is 0.274 e. The van der Waals surface area contributed by atoms with E-state index in [-0.39, 0.29) is 5.91 Å². The molecule has 6 nitrogen and oxygen atoms in total. The first-order valence-electron chi connectivity index (χ1n) is 6.15. The van der Waals surface area contributed by atoms with Crippen LogP contribution >= 0.6 is 0 Å². The molecule has 1 amide bonds. The highest BCUT2D eigenvalue weighted by Crippen LogP contribution is 2.15. The highest BCUT2D eigenvalue weighted by molar-refractivity contribution is 5.97. The molecule has 0 aliphatic carbocycles. The van der Waals surface area contributed by atoms with Crippen LogP contribution in [0.5, 0.6) is 0 Å². The summed E-state index contributed by atoms with van der Waals surface area (Å²) in [6.07, 6.45) is 1.50. The third kappa shape index (κ3) is 2.62. The van der Waals surface area contributed by atoms with Crippen LogP contribution in [-0.2, 0) is 13.1 Å². The normalized spacial score (nSPS) is 10.7. The lowest BCUT2D eigenvalue weighted by molar-refractivity contribution is 0.0763. The monoisotopic (exact) mass is 262 g/mol. The third-order valence-corrected chi connectivity index (χ3v) is 2.91. The molecule has 2 N–H and O–H groups in total. The fourth-order valence-electron chi connectivity index (χ4n) is 1.93. The van der Waals surface area contributed by atoms with Crippen LogP contribution in [0.4, 0.5) is 5.69 Å². The Morgan fingerprint density at radius 1 is 1.53 bits per heavy atom. The Morgan fingerprint density at radius 3 is 2.84 bits per heavy atom. The first-order valence-corrected chi connectivity index (χ1v) is 6.15. The molecular weight excluding hydrogens is 244 g/mol. The minimum atomic E-state index is -0.161. The zero-order valence-electron chi connectivity index (χ0n) is 11.4. The van der Waals surface area contributed by atoms with E-state index in [1.165, 1.54) is 6.20 Å². The van der Waals surface area contributed by atoms with E-state index in [0.29, 0.717) is 24.5 Å². The van der Waals surface area contributed by atoms with Crippen molar-refractivity contribution < 1.29 is 9.21 Å². The minimum Gasteiger partial charge on any atom is -0.464 e. The van der Waals surface area contributed by atoms with Gasteiger partial charge in [0.15, 0.2) is 0 Å². The molecule has 0 aliphatic rings. The van der Waals surface area contributed by atoms with Crippen molar-refractivity contribution in [1.29, 1.82) is 0 Å². The van der Waals surface area contributed by atoms with E-state index < -0.39 is 0 Å². The molecule has 0 saturated carbocycles. The molecule has 0 saturated heterocycles. The summed E-state index contributed by atoms with van der Waals surface area (Å²) in [6, 6.07) is 3.73. The summed E-state index contributed by atoms with van der Waals surface area (Å²) in [5, 5.41) is 4.07. The zero-order chi connectivity index (χ0) is 14.0. The number of hydrogen-bond acceptors (Lipinski definition) is 4. The second kappa shape index (κ2) is 5.17. The van der Waals surface area contributed by atoms with E-state index >= 15 is 0 Å². The Labute approximate surface area is 111 Å². The summed E-state index contributed by atoms with van der Waals surface area (Å²) in [4.78, 5) is 13.9. The molecule has 0 aromatic carbocycles. The molecule has 2 aromatic rings. The van der Waals surface area contributed by atoms with Crippen molar-refractivity contribution in [1.82, 2.24) is 14.7 Å². The van der Waals surface area contributed by atoms with Gasteiger partial charge in [-0.05, 0) is 26.0 Å². The molecule has 2 heterocycles. The third-order valence-electron chi connectivity index (χ3n) is 2.91. The quantitative estimate of drug-likeness (QED) is 0.909. The Bertz CT molecular complexity index is 585. The first kappa shape index (κ1) is 13.2. The summed E-state index contributed by atoms with van der Waals surface area (Å²) >= 11 is 0. The lowest BCUT2D eigenvalue weighted by Gasteiger charge is -2.16. The number of nitrogens with zero attached hydrogens (tertiary/aromatic N) is 3. The molecule has 102 valence electrons. The van der Waals surface area contributed by atoms with Crippen LogP contribution in [0.2, 0.25) is 0 Å². The molecule has 0 radical (unpaired) electrons. The number of nitrogens with two attached hydrogens (primary N) is 1. The lowest BCUT2D eigenvalue weighted by atomic mass is 10.3. The molecule has 0 spiro atoms. The van der Waals surface area contributed by atoms with Crippen molar-refractivity contribution in [2.24, 2.45) is 0 Å². The van der Waals surface area contributed by atoms with Gasteiger partial charge in [-0.1, -0.05) is 0 Å². The number of carbonyl (C=O) groups is 1. The SMILES string of the molecule is CCn1ncc(N)c1C(=O)N(C)Cc1ccc(C)o1. The van der Waals surface area contributed by atoms with E-state index in [4.69, 9.17) is 10.2 Å². The van der Waals surface area contributed by atoms with Gasteiger partial charge in [0.05, 0.1) is 18.4 Å². The van der Waals surface area contributed by atoms with Crippen molar-refractivity contribution in [3.05, 3.63) is 35.5 Å². The lowest BCUT2D eigenvalue weighted by Crippen LogP contribution is -2.29. The number of furan rings is 1. The zero-order valence-corrected chi connectivity index (χ0v) is 11.4. The topological polar surface area (TPSA) is 77.3 Å². The molecule has 0 unspecified atom stereocenters. The standard InChI is InChI=1S/C13H18N4O2/c1-4-17-12(11(14)7-15-17)13(18)16(3)8-10-6-5-9(2)19-10/h5-7H,4,8,14H2,1-3H3. The Hall–Kier alpha value is -2.24. The average Bonchev–Trinajstić information content (AvgIpc) is 2.94. The van der Waals surface area contributed by atoms with Crippen molar-refractivity contribution in [3.8, 4) is 0 Å². The predicted molar refractivity (Wildman–Crippen MR) is 71.6 cm³/mol. The predicted octanol–water partition coefficient (Wildman–Crippen LogP) is 1.66. The van der Waals surface area contributed by atoms with E-state index in [1.807, 2.05) is 26.0 Å². The van der Waals surface area contributed by atoms with Crippen molar-refractivity contribution in [2.75, 3.05) is 12.8 Å². The molecule has 0 atom stereocenters. The van der Waals surface area contributed by atoms with E-state index in [2.05, 4.69) is 5.10 Å². The number of aryl methyl sites for hydroxylation is 2. The second-order valence-electron chi connectivity index (χ2n) is 4.44. The molecule has 6 heteroatoms. The number of nitrogen functional groups attached to an aromatic ring is 1. The van der Waals surface area contributed by atoms with Gasteiger partial charge in [-0.3, -0.25) is 9.48 Å². The van der Waals surface area contributed by atoms with Crippen LogP contribution in [-0.4, -0.2) is 27.6 Å². The smallest absolute Gasteiger partial charge is 0.274 e. The van der Waals surface area contributed by atoms with Gasteiger partial charge in [0.2, 0.25) is 0 Å². The molecule has 0 aliphatic heterocycles. The van der Waals surface area contributed by atoms with Gasteiger partial charge in [0.1, 0.15) is 17.2 Å². The molecular formula is C13H18N4O2. The molecule has 19 heavy (non-hydrogen) atoms. The van der Waals surface area contributed by atoms with Gasteiger partial charge >= 0.3 is 0 Å². The Kier molecular flexibility index (Phi) is 3.59. The minimum absolute atomic E-state index is 0.161. The highest BCUT2D eigenvalue weighted by Gasteiger charge is 2.20. The fraction of sp³-hybridized carbons (Fsp3) is 0.385. The summed E-state index contributed by atoms with van der Waals surface area (Å²) in [5.74, 6) is 1.41. The summed E-state index contributed by atoms with van der Waals surface area (Å²) < 4.78 is 7.06. The maximum atomic E-state index is 12.4. The summed E-state index contributed by atoms with van der Waals surface area (Å²) in [6.45, 7) is 4.79. The number of hydrogen-bond donors (Lipinski definition) is 1. The Morgan fingerprint density at radius 2 is 2.26 bits per heavy atom. The van der Waals surface area contributed by atoms with Gasteiger partial charge in [0, 0.05) is 13.6 Å². The van der Waals surface area contributed by atoms with Gasteiger partial charge in [-0.2, -0.15) is 5.10 Å². The summed E-state index contributed by atoms with van der Waals surface area (Å²) in [5.41, 5.74) is 6.62. The van der Waals surface area contributed by atoms with Crippen LogP contribution in [0, 0.1) is 6.92 Å². The maximum absolute atomic E-state index is 12.4. The van der Waals surface area contributed by atoms with Crippen LogP contribution in [0.1, 0.15) is 28.9 Å². The van der Waals surface area contributed by atoms with E-state index in [0.717, 1.165) is 11.5 Å². The number of rotatable bonds is 4. The number of aromatic nitrogens is 2. The van der Waals surface area contributed by atoms with Gasteiger partial charge in [0.25, 0.3) is 5.91 Å². The van der Waals surface area contributed by atoms with Crippen LogP contribution < -0.4 is 5.73 Å². The van der Waals surface area contributed by atoms with Crippen molar-refractivity contribution in [2.45, 2.75) is 26.9 Å². The highest BCUT2D eigenvalue weighted by atomic mass is 16.3. The number of carbonyl (C=O) groups excluding carboxylic acids is 1. The van der Waals surface area contributed by atoms with Gasteiger partial charge < -0.3 is 15.1 Å². The van der Waals surface area contributed by atoms with Crippen molar-refractivity contribution in [3.63, 3.8) is 0 Å². The molecule has 0 bridgehead atoms. The van der Waals surface area contributed by atoms with Crippen LogP contribution in [0.25, 0.3) is 0 Å². The van der Waals surface area contributed by atoms with Crippen molar-refractivity contribution >= 4 is 11.6 Å². The van der Waals surface area contributed by atoms with Gasteiger partial charge in [-0.25, -0.2) is 0 Å². The van der Waals surface area contributed by atoms with Crippen LogP contribution in [0.3, 0.4) is 0 Å². The molecule has 0 fully saturated rings. The largest absolute Gasteiger partial charge is 0.464 e. The van der Waals surface area contributed by atoms with Gasteiger partial charge in [-0.15, -0.1) is 0 Å². The molecule has 2 rings (SSSR count). The number of anilines is 1. The second-order valence-corrected chi connectivity index (χ2v) is 4.44. The van der Waals surface area contributed by atoms with E-state index in [9.17, 15) is 4.79 Å². The molecule has 2 aromatic heterocycles.